The number of hydrogen-bond acceptors (Lipinski definition) is 6. The smallest absolute Gasteiger partial charge is 0.251 e. The summed E-state index contributed by atoms with van der Waals surface area (Å²) in [5, 5.41) is 1.74. The van der Waals surface area contributed by atoms with Gasteiger partial charge in [0, 0.05) is 5.56 Å². The number of benzene rings is 1. The van der Waals surface area contributed by atoms with Gasteiger partial charge in [0.2, 0.25) is 0 Å². The van der Waals surface area contributed by atoms with Gasteiger partial charge in [0.1, 0.15) is 5.76 Å². The van der Waals surface area contributed by atoms with Crippen LogP contribution in [0.25, 0.3) is 0 Å². The lowest BCUT2D eigenvalue weighted by Gasteiger charge is -2.10. The first-order chi connectivity index (χ1) is 11.8. The number of carbonyl (C=O) groups is 1. The van der Waals surface area contributed by atoms with Crippen LogP contribution in [-0.4, -0.2) is 39.5 Å². The molecule has 134 valence electrons. The lowest BCUT2D eigenvalue weighted by molar-refractivity contribution is 0.0948. The average Bonchev–Trinajstić information content (AvgIpc) is 3.22. The largest absolute Gasteiger partial charge is 0.467 e. The Bertz CT molecular complexity index is 960. The van der Waals surface area contributed by atoms with Gasteiger partial charge in [-0.15, -0.1) is 0 Å². The maximum Gasteiger partial charge on any atom is 0.251 e. The molecule has 2 aromatic rings. The molecule has 0 bridgehead atoms. The second kappa shape index (κ2) is 6.64. The molecule has 1 atom stereocenters. The molecule has 3 rings (SSSR count). The minimum absolute atomic E-state index is 0.0252. The van der Waals surface area contributed by atoms with Gasteiger partial charge in [0.15, 0.2) is 19.7 Å². The lowest BCUT2D eigenvalue weighted by Crippen LogP contribution is -2.24. The number of hydrogen-bond donors (Lipinski definition) is 1. The van der Waals surface area contributed by atoms with Crippen LogP contribution < -0.4 is 5.32 Å². The standard InChI is InChI=1S/C16H17NO6S2/c18-16(17-10-13-2-1-8-23-13)12-3-5-14(6-4-12)25(21,22)15-7-9-24(19,20)11-15/h1-6,8,15H,7,9-11H2,(H,17,18)/t15-/m0/s1. The SMILES string of the molecule is O=C(NCc1ccco1)c1ccc(S(=O)(=O)[C@H]2CCS(=O)(=O)C2)cc1. The molecule has 1 aromatic heterocycles. The molecular formula is C16H17NO6S2. The summed E-state index contributed by atoms with van der Waals surface area (Å²) in [6.45, 7) is 0.228. The van der Waals surface area contributed by atoms with E-state index in [0.717, 1.165) is 0 Å². The van der Waals surface area contributed by atoms with Crippen molar-refractivity contribution in [1.29, 1.82) is 0 Å². The van der Waals surface area contributed by atoms with Crippen LogP contribution in [0.3, 0.4) is 0 Å². The molecule has 1 saturated heterocycles. The first-order valence-corrected chi connectivity index (χ1v) is 11.0. The first-order valence-electron chi connectivity index (χ1n) is 7.63. The van der Waals surface area contributed by atoms with Crippen LogP contribution in [0.2, 0.25) is 0 Å². The second-order valence-electron chi connectivity index (χ2n) is 5.86. The van der Waals surface area contributed by atoms with E-state index in [1.807, 2.05) is 0 Å². The minimum Gasteiger partial charge on any atom is -0.467 e. The summed E-state index contributed by atoms with van der Waals surface area (Å²) in [6, 6.07) is 8.93. The molecule has 1 fully saturated rings. The monoisotopic (exact) mass is 383 g/mol. The molecular weight excluding hydrogens is 366 g/mol. The van der Waals surface area contributed by atoms with Gasteiger partial charge in [0.25, 0.3) is 5.91 Å². The topological polar surface area (TPSA) is 111 Å². The highest BCUT2D eigenvalue weighted by atomic mass is 32.2. The van der Waals surface area contributed by atoms with Crippen molar-refractivity contribution in [3.8, 4) is 0 Å². The summed E-state index contributed by atoms with van der Waals surface area (Å²) in [5.41, 5.74) is 0.310. The van der Waals surface area contributed by atoms with Crippen LogP contribution in [0, 0.1) is 0 Å². The van der Waals surface area contributed by atoms with Crippen LogP contribution in [0.5, 0.6) is 0 Å². The van der Waals surface area contributed by atoms with Crippen LogP contribution in [0.4, 0.5) is 0 Å². The number of amides is 1. The zero-order chi connectivity index (χ0) is 18.1. The van der Waals surface area contributed by atoms with E-state index in [4.69, 9.17) is 4.42 Å². The van der Waals surface area contributed by atoms with Crippen LogP contribution >= 0.6 is 0 Å². The molecule has 1 aliphatic rings. The maximum absolute atomic E-state index is 12.5. The van der Waals surface area contributed by atoms with E-state index >= 15 is 0 Å². The van der Waals surface area contributed by atoms with Crippen LogP contribution in [0.1, 0.15) is 22.5 Å². The molecule has 0 spiro atoms. The van der Waals surface area contributed by atoms with Crippen molar-refractivity contribution in [2.75, 3.05) is 11.5 Å². The van der Waals surface area contributed by atoms with Crippen LogP contribution in [-0.2, 0) is 26.2 Å². The van der Waals surface area contributed by atoms with Crippen molar-refractivity contribution in [1.82, 2.24) is 5.32 Å². The predicted molar refractivity (Wildman–Crippen MR) is 90.6 cm³/mol. The van der Waals surface area contributed by atoms with E-state index in [-0.39, 0.29) is 35.3 Å². The quantitative estimate of drug-likeness (QED) is 0.830. The Balaban J connectivity index is 1.70. The minimum atomic E-state index is -3.73. The normalized spacial score (nSPS) is 19.6. The molecule has 1 aliphatic heterocycles. The number of rotatable bonds is 5. The van der Waals surface area contributed by atoms with E-state index in [1.54, 1.807) is 12.1 Å². The number of carbonyl (C=O) groups excluding carboxylic acids is 1. The second-order valence-corrected chi connectivity index (χ2v) is 10.3. The third kappa shape index (κ3) is 3.93. The third-order valence-corrected chi connectivity index (χ3v) is 8.27. The van der Waals surface area contributed by atoms with E-state index in [2.05, 4.69) is 5.32 Å². The molecule has 0 unspecified atom stereocenters. The Morgan fingerprint density at radius 2 is 1.92 bits per heavy atom. The Labute approximate surface area is 145 Å². The van der Waals surface area contributed by atoms with Crippen LogP contribution in [0.15, 0.2) is 52.0 Å². The highest BCUT2D eigenvalue weighted by Gasteiger charge is 2.37. The first kappa shape index (κ1) is 17.7. The fraction of sp³-hybridized carbons (Fsp3) is 0.312. The summed E-state index contributed by atoms with van der Waals surface area (Å²) < 4.78 is 53.1. The van der Waals surface area contributed by atoms with Gasteiger partial charge >= 0.3 is 0 Å². The number of nitrogens with one attached hydrogen (secondary N) is 1. The molecule has 1 aromatic carbocycles. The van der Waals surface area contributed by atoms with Gasteiger partial charge in [0.05, 0.1) is 34.5 Å². The van der Waals surface area contributed by atoms with Gasteiger partial charge in [-0.3, -0.25) is 4.79 Å². The molecule has 7 nitrogen and oxygen atoms in total. The molecule has 25 heavy (non-hydrogen) atoms. The van der Waals surface area contributed by atoms with Crippen molar-refractivity contribution in [2.45, 2.75) is 23.1 Å². The summed E-state index contributed by atoms with van der Waals surface area (Å²) in [6.07, 6.45) is 1.61. The highest BCUT2D eigenvalue weighted by Crippen LogP contribution is 2.25. The summed E-state index contributed by atoms with van der Waals surface area (Å²) in [5.74, 6) is -0.205. The Kier molecular flexibility index (Phi) is 4.70. The number of furan rings is 1. The van der Waals surface area contributed by atoms with Gasteiger partial charge in [-0.1, -0.05) is 0 Å². The summed E-state index contributed by atoms with van der Waals surface area (Å²) in [4.78, 5) is 12.1. The Morgan fingerprint density at radius 3 is 2.48 bits per heavy atom. The fourth-order valence-electron chi connectivity index (χ4n) is 2.68. The van der Waals surface area contributed by atoms with E-state index < -0.39 is 24.9 Å². The van der Waals surface area contributed by atoms with Gasteiger partial charge in [-0.05, 0) is 42.8 Å². The molecule has 0 radical (unpaired) electrons. The lowest BCUT2D eigenvalue weighted by atomic mass is 10.2. The molecule has 9 heteroatoms. The van der Waals surface area contributed by atoms with E-state index in [9.17, 15) is 21.6 Å². The van der Waals surface area contributed by atoms with Crippen molar-refractivity contribution >= 4 is 25.6 Å². The molecule has 1 amide bonds. The van der Waals surface area contributed by atoms with Gasteiger partial charge in [-0.2, -0.15) is 0 Å². The highest BCUT2D eigenvalue weighted by molar-refractivity contribution is 7.96. The van der Waals surface area contributed by atoms with Crippen molar-refractivity contribution in [3.63, 3.8) is 0 Å². The summed E-state index contributed by atoms with van der Waals surface area (Å²) >= 11 is 0. The average molecular weight is 383 g/mol. The predicted octanol–water partition coefficient (Wildman–Crippen LogP) is 1.17. The van der Waals surface area contributed by atoms with E-state index in [1.165, 1.54) is 30.5 Å². The third-order valence-electron chi connectivity index (χ3n) is 4.08. The molecule has 0 saturated carbocycles. The maximum atomic E-state index is 12.5. The Morgan fingerprint density at radius 1 is 1.20 bits per heavy atom. The Hall–Kier alpha value is -2.13. The van der Waals surface area contributed by atoms with Gasteiger partial charge in [-0.25, -0.2) is 16.8 Å². The summed E-state index contributed by atoms with van der Waals surface area (Å²) in [7, 11) is -7.02. The van der Waals surface area contributed by atoms with Crippen molar-refractivity contribution < 1.29 is 26.0 Å². The zero-order valence-corrected chi connectivity index (χ0v) is 14.8. The van der Waals surface area contributed by atoms with Crippen molar-refractivity contribution in [2.24, 2.45) is 0 Å². The molecule has 0 aliphatic carbocycles. The molecule has 2 heterocycles. The number of sulfone groups is 2. The zero-order valence-electron chi connectivity index (χ0n) is 13.2. The fourth-order valence-corrected chi connectivity index (χ4v) is 7.04. The van der Waals surface area contributed by atoms with Crippen molar-refractivity contribution in [3.05, 3.63) is 54.0 Å². The molecule has 1 N–H and O–H groups in total. The van der Waals surface area contributed by atoms with Gasteiger partial charge < -0.3 is 9.73 Å². The van der Waals surface area contributed by atoms with E-state index in [0.29, 0.717) is 11.3 Å².